The first-order valence-electron chi connectivity index (χ1n) is 9.15. The minimum Gasteiger partial charge on any atom is -0.342 e. The van der Waals surface area contributed by atoms with Crippen molar-refractivity contribution in [3.8, 4) is 5.69 Å². The molecule has 2 amide bonds. The molecule has 2 aromatic carbocycles. The monoisotopic (exact) mass is 376 g/mol. The Balaban J connectivity index is 1.35. The summed E-state index contributed by atoms with van der Waals surface area (Å²) in [5.41, 5.74) is 2.57. The second-order valence-electron chi connectivity index (χ2n) is 6.77. The fraction of sp³-hybridized carbons (Fsp3) is 0.250. The number of likely N-dealkylation sites (tertiary alicyclic amines) is 1. The molecular weight excluding hydrogens is 356 g/mol. The zero-order valence-electron chi connectivity index (χ0n) is 15.2. The number of benzene rings is 2. The number of carbonyl (C=O) groups excluding carboxylic acids is 2. The van der Waals surface area contributed by atoms with Gasteiger partial charge in [-0.3, -0.25) is 9.59 Å². The van der Waals surface area contributed by atoms with Crippen LogP contribution < -0.4 is 5.32 Å². The van der Waals surface area contributed by atoms with Crippen LogP contribution >= 0.6 is 0 Å². The van der Waals surface area contributed by atoms with Crippen LogP contribution in [0.4, 0.5) is 5.69 Å². The molecule has 1 fully saturated rings. The van der Waals surface area contributed by atoms with E-state index in [1.54, 1.807) is 17.0 Å². The summed E-state index contributed by atoms with van der Waals surface area (Å²) in [7, 11) is 0. The van der Waals surface area contributed by atoms with Crippen molar-refractivity contribution in [2.75, 3.05) is 18.4 Å². The van der Waals surface area contributed by atoms with Crippen molar-refractivity contribution in [1.29, 1.82) is 0 Å². The van der Waals surface area contributed by atoms with Crippen molar-refractivity contribution in [3.05, 3.63) is 66.5 Å². The Morgan fingerprint density at radius 2 is 2.00 bits per heavy atom. The van der Waals surface area contributed by atoms with E-state index in [1.807, 2.05) is 42.5 Å². The Labute approximate surface area is 162 Å². The average molecular weight is 376 g/mol. The molecule has 0 saturated carbocycles. The smallest absolute Gasteiger partial charge is 0.229 e. The van der Waals surface area contributed by atoms with Gasteiger partial charge in [0.15, 0.2) is 0 Å². The van der Waals surface area contributed by atoms with Crippen LogP contribution in [-0.2, 0) is 16.0 Å². The lowest BCUT2D eigenvalue weighted by atomic mass is 10.1. The van der Waals surface area contributed by atoms with Crippen molar-refractivity contribution in [1.82, 2.24) is 25.1 Å². The first-order valence-corrected chi connectivity index (χ1v) is 9.15. The molecule has 0 radical (unpaired) electrons. The van der Waals surface area contributed by atoms with Gasteiger partial charge in [-0.25, -0.2) is 4.68 Å². The van der Waals surface area contributed by atoms with Crippen molar-refractivity contribution < 1.29 is 9.59 Å². The largest absolute Gasteiger partial charge is 0.342 e. The summed E-state index contributed by atoms with van der Waals surface area (Å²) in [6.07, 6.45) is 2.52. The number of anilines is 1. The molecule has 28 heavy (non-hydrogen) atoms. The van der Waals surface area contributed by atoms with Gasteiger partial charge in [-0.15, -0.1) is 5.10 Å². The maximum Gasteiger partial charge on any atom is 0.229 e. The minimum absolute atomic E-state index is 0.0264. The van der Waals surface area contributed by atoms with Crippen LogP contribution in [0.2, 0.25) is 0 Å². The molecule has 1 atom stereocenters. The second-order valence-corrected chi connectivity index (χ2v) is 6.77. The van der Waals surface area contributed by atoms with Crippen molar-refractivity contribution in [2.24, 2.45) is 5.92 Å². The van der Waals surface area contributed by atoms with E-state index >= 15 is 0 Å². The Bertz CT molecular complexity index is 958. The minimum atomic E-state index is -0.347. The molecule has 1 unspecified atom stereocenters. The summed E-state index contributed by atoms with van der Waals surface area (Å²) >= 11 is 0. The molecule has 1 aromatic heterocycles. The number of hydrogen-bond acceptors (Lipinski definition) is 5. The number of nitrogens with zero attached hydrogens (tertiary/aromatic N) is 5. The summed E-state index contributed by atoms with van der Waals surface area (Å²) in [4.78, 5) is 26.7. The average Bonchev–Trinajstić information content (AvgIpc) is 3.37. The van der Waals surface area contributed by atoms with Crippen LogP contribution in [0.3, 0.4) is 0 Å². The maximum absolute atomic E-state index is 12.6. The number of carbonyl (C=O) groups is 2. The Hall–Kier alpha value is -3.55. The molecule has 142 valence electrons. The van der Waals surface area contributed by atoms with E-state index in [9.17, 15) is 9.59 Å². The van der Waals surface area contributed by atoms with Crippen LogP contribution in [0.5, 0.6) is 0 Å². The van der Waals surface area contributed by atoms with Gasteiger partial charge in [0, 0.05) is 25.2 Å². The van der Waals surface area contributed by atoms with Crippen LogP contribution in [0.25, 0.3) is 5.69 Å². The second kappa shape index (κ2) is 7.99. The summed E-state index contributed by atoms with van der Waals surface area (Å²) in [5.74, 6) is -0.470. The molecule has 8 heteroatoms. The van der Waals surface area contributed by atoms with E-state index < -0.39 is 0 Å². The predicted octanol–water partition coefficient (Wildman–Crippen LogP) is 1.69. The number of aromatic nitrogens is 4. The molecule has 0 aliphatic carbocycles. The summed E-state index contributed by atoms with van der Waals surface area (Å²) in [5, 5.41) is 14.0. The fourth-order valence-corrected chi connectivity index (χ4v) is 3.32. The Morgan fingerprint density at radius 3 is 2.79 bits per heavy atom. The van der Waals surface area contributed by atoms with Gasteiger partial charge < -0.3 is 10.2 Å². The van der Waals surface area contributed by atoms with Gasteiger partial charge in [-0.05, 0) is 40.6 Å². The topological polar surface area (TPSA) is 93.0 Å². The molecule has 8 nitrogen and oxygen atoms in total. The highest BCUT2D eigenvalue weighted by molar-refractivity contribution is 5.97. The third-order valence-corrected chi connectivity index (χ3v) is 4.83. The van der Waals surface area contributed by atoms with Crippen molar-refractivity contribution in [2.45, 2.75) is 12.8 Å². The van der Waals surface area contributed by atoms with Crippen molar-refractivity contribution >= 4 is 17.5 Å². The zero-order chi connectivity index (χ0) is 19.3. The SMILES string of the molecule is O=C(Nc1cccc(-n2cnnn2)c1)C1CC(=O)N(CCc2ccccc2)C1. The van der Waals surface area contributed by atoms with Crippen molar-refractivity contribution in [3.63, 3.8) is 0 Å². The van der Waals surface area contributed by atoms with Gasteiger partial charge in [0.25, 0.3) is 0 Å². The van der Waals surface area contributed by atoms with Crippen LogP contribution in [-0.4, -0.2) is 50.0 Å². The molecule has 1 N–H and O–H groups in total. The molecule has 3 aromatic rings. The van der Waals surface area contributed by atoms with E-state index in [2.05, 4.69) is 20.8 Å². The first-order chi connectivity index (χ1) is 13.7. The molecule has 4 rings (SSSR count). The highest BCUT2D eigenvalue weighted by Crippen LogP contribution is 2.21. The standard InChI is InChI=1S/C20H20N6O2/c27-19-11-16(13-25(19)10-9-15-5-2-1-3-6-15)20(28)22-17-7-4-8-18(12-17)26-14-21-23-24-26/h1-8,12,14,16H,9-11,13H2,(H,22,28). The lowest BCUT2D eigenvalue weighted by Gasteiger charge is -2.16. The summed E-state index contributed by atoms with van der Waals surface area (Å²) < 4.78 is 1.51. The normalized spacial score (nSPS) is 16.4. The molecule has 0 bridgehead atoms. The maximum atomic E-state index is 12.6. The molecule has 1 aliphatic rings. The number of tetrazole rings is 1. The number of amides is 2. The Kier molecular flexibility index (Phi) is 5.09. The third-order valence-electron chi connectivity index (χ3n) is 4.83. The number of nitrogens with one attached hydrogen (secondary N) is 1. The molecular formula is C20H20N6O2. The first kappa shape index (κ1) is 17.8. The molecule has 0 spiro atoms. The zero-order valence-corrected chi connectivity index (χ0v) is 15.2. The third kappa shape index (κ3) is 4.06. The van der Waals surface area contributed by atoms with Gasteiger partial charge in [0.1, 0.15) is 6.33 Å². The summed E-state index contributed by atoms with van der Waals surface area (Å²) in [6, 6.07) is 17.3. The molecule has 1 aliphatic heterocycles. The number of rotatable bonds is 6. The highest BCUT2D eigenvalue weighted by atomic mass is 16.2. The lowest BCUT2D eigenvalue weighted by Crippen LogP contribution is -2.30. The quantitative estimate of drug-likeness (QED) is 0.707. The molecule has 2 heterocycles. The van der Waals surface area contributed by atoms with Gasteiger partial charge in [-0.2, -0.15) is 0 Å². The lowest BCUT2D eigenvalue weighted by molar-refractivity contribution is -0.128. The fourth-order valence-electron chi connectivity index (χ4n) is 3.32. The van der Waals surface area contributed by atoms with Gasteiger partial charge in [0.2, 0.25) is 11.8 Å². The van der Waals surface area contributed by atoms with Crippen LogP contribution in [0.1, 0.15) is 12.0 Å². The van der Waals surface area contributed by atoms with E-state index in [1.165, 1.54) is 16.6 Å². The van der Waals surface area contributed by atoms with E-state index in [-0.39, 0.29) is 24.2 Å². The number of hydrogen-bond donors (Lipinski definition) is 1. The van der Waals surface area contributed by atoms with Gasteiger partial charge in [-0.1, -0.05) is 36.4 Å². The molecule has 1 saturated heterocycles. The van der Waals surface area contributed by atoms with Gasteiger partial charge in [0.05, 0.1) is 11.6 Å². The van der Waals surface area contributed by atoms with E-state index in [0.29, 0.717) is 18.8 Å². The van der Waals surface area contributed by atoms with Crippen LogP contribution in [0, 0.1) is 5.92 Å². The summed E-state index contributed by atoms with van der Waals surface area (Å²) in [6.45, 7) is 1.07. The van der Waals surface area contributed by atoms with E-state index in [0.717, 1.165) is 12.1 Å². The Morgan fingerprint density at radius 1 is 1.14 bits per heavy atom. The highest BCUT2D eigenvalue weighted by Gasteiger charge is 2.34. The van der Waals surface area contributed by atoms with Gasteiger partial charge >= 0.3 is 0 Å². The van der Waals surface area contributed by atoms with E-state index in [4.69, 9.17) is 0 Å². The predicted molar refractivity (Wildman–Crippen MR) is 103 cm³/mol. The van der Waals surface area contributed by atoms with Crippen LogP contribution in [0.15, 0.2) is 60.9 Å².